The Morgan fingerprint density at radius 1 is 1.42 bits per heavy atom. The van der Waals surface area contributed by atoms with E-state index in [4.69, 9.17) is 0 Å². The Kier molecular flexibility index (Phi) is 1.57. The molecule has 0 amide bonds. The lowest BCUT2D eigenvalue weighted by Crippen LogP contribution is -1.88. The van der Waals surface area contributed by atoms with Crippen LogP contribution in [0.3, 0.4) is 0 Å². The largest absolute Gasteiger partial charge is 0.291 e. The second-order valence-corrected chi connectivity index (χ2v) is 2.86. The quantitative estimate of drug-likeness (QED) is 0.636. The van der Waals surface area contributed by atoms with E-state index in [1.54, 1.807) is 0 Å². The summed E-state index contributed by atoms with van der Waals surface area (Å²) < 4.78 is 1.95. The van der Waals surface area contributed by atoms with Crippen LogP contribution in [0.5, 0.6) is 0 Å². The molecule has 0 saturated heterocycles. The Morgan fingerprint density at radius 3 is 3.00 bits per heavy atom. The molecule has 62 valence electrons. The van der Waals surface area contributed by atoms with Crippen LogP contribution >= 0.6 is 0 Å². The first-order valence-electron chi connectivity index (χ1n) is 4.11. The van der Waals surface area contributed by atoms with Crippen molar-refractivity contribution in [2.45, 2.75) is 20.3 Å². The van der Waals surface area contributed by atoms with E-state index in [0.717, 1.165) is 23.6 Å². The van der Waals surface area contributed by atoms with Gasteiger partial charge < -0.3 is 0 Å². The van der Waals surface area contributed by atoms with Gasteiger partial charge in [-0.25, -0.2) is 9.97 Å². The van der Waals surface area contributed by atoms with E-state index < -0.39 is 0 Å². The van der Waals surface area contributed by atoms with Crippen LogP contribution < -0.4 is 0 Å². The lowest BCUT2D eigenvalue weighted by molar-refractivity contribution is 1.06. The minimum atomic E-state index is 0.798. The first kappa shape index (κ1) is 7.28. The van der Waals surface area contributed by atoms with Crippen molar-refractivity contribution in [3.8, 4) is 0 Å². The molecule has 3 heteroatoms. The van der Waals surface area contributed by atoms with E-state index >= 15 is 0 Å². The van der Waals surface area contributed by atoms with Crippen LogP contribution in [-0.2, 0) is 6.42 Å². The van der Waals surface area contributed by atoms with E-state index in [9.17, 15) is 0 Å². The second-order valence-electron chi connectivity index (χ2n) is 2.86. The summed E-state index contributed by atoms with van der Waals surface area (Å²) in [7, 11) is 0. The van der Waals surface area contributed by atoms with Crippen LogP contribution in [0.4, 0.5) is 0 Å². The molecule has 2 aromatic rings. The Labute approximate surface area is 71.1 Å². The van der Waals surface area contributed by atoms with Crippen molar-refractivity contribution >= 4 is 5.78 Å². The van der Waals surface area contributed by atoms with Gasteiger partial charge in [-0.05, 0) is 19.4 Å². The minimum Gasteiger partial charge on any atom is -0.291 e. The summed E-state index contributed by atoms with van der Waals surface area (Å²) >= 11 is 0. The SMILES string of the molecule is CCc1cn2ccc(C)nc2n1. The number of fused-ring (bicyclic) bond motifs is 1. The van der Waals surface area contributed by atoms with Crippen molar-refractivity contribution in [2.75, 3.05) is 0 Å². The molecule has 0 aliphatic rings. The summed E-state index contributed by atoms with van der Waals surface area (Å²) in [4.78, 5) is 8.64. The third-order valence-electron chi connectivity index (χ3n) is 1.88. The average Bonchev–Trinajstić information content (AvgIpc) is 2.46. The van der Waals surface area contributed by atoms with E-state index in [1.807, 2.05) is 29.8 Å². The molecule has 0 N–H and O–H groups in total. The molecule has 0 fully saturated rings. The van der Waals surface area contributed by atoms with Gasteiger partial charge in [-0.15, -0.1) is 0 Å². The van der Waals surface area contributed by atoms with Gasteiger partial charge in [0, 0.05) is 18.1 Å². The number of hydrogen-bond donors (Lipinski definition) is 0. The van der Waals surface area contributed by atoms with Crippen LogP contribution in [0.2, 0.25) is 0 Å². The predicted molar refractivity (Wildman–Crippen MR) is 47.1 cm³/mol. The average molecular weight is 161 g/mol. The summed E-state index contributed by atoms with van der Waals surface area (Å²) in [6.45, 7) is 4.06. The molecule has 0 spiro atoms. The van der Waals surface area contributed by atoms with Crippen molar-refractivity contribution in [3.63, 3.8) is 0 Å². The Hall–Kier alpha value is -1.38. The number of rotatable bonds is 1. The van der Waals surface area contributed by atoms with Gasteiger partial charge in [-0.1, -0.05) is 6.92 Å². The molecule has 12 heavy (non-hydrogen) atoms. The fourth-order valence-corrected chi connectivity index (χ4v) is 1.18. The maximum absolute atomic E-state index is 4.34. The Morgan fingerprint density at radius 2 is 2.25 bits per heavy atom. The molecule has 0 radical (unpaired) electrons. The molecule has 0 atom stereocenters. The predicted octanol–water partition coefficient (Wildman–Crippen LogP) is 1.60. The molecule has 0 saturated carbocycles. The van der Waals surface area contributed by atoms with Gasteiger partial charge in [0.15, 0.2) is 0 Å². The fraction of sp³-hybridized carbons (Fsp3) is 0.333. The molecule has 0 aliphatic carbocycles. The first-order valence-corrected chi connectivity index (χ1v) is 4.11. The van der Waals surface area contributed by atoms with Gasteiger partial charge in [0.1, 0.15) is 0 Å². The molecular weight excluding hydrogens is 150 g/mol. The number of aryl methyl sites for hydroxylation is 2. The molecule has 3 nitrogen and oxygen atoms in total. The first-order chi connectivity index (χ1) is 5.79. The highest BCUT2D eigenvalue weighted by Crippen LogP contribution is 2.03. The highest BCUT2D eigenvalue weighted by molar-refractivity contribution is 5.31. The summed E-state index contributed by atoms with van der Waals surface area (Å²) in [5.41, 5.74) is 2.10. The minimum absolute atomic E-state index is 0.798. The van der Waals surface area contributed by atoms with E-state index in [1.165, 1.54) is 0 Å². The van der Waals surface area contributed by atoms with Gasteiger partial charge in [0.25, 0.3) is 0 Å². The summed E-state index contributed by atoms with van der Waals surface area (Å²) in [6, 6.07) is 1.98. The fourth-order valence-electron chi connectivity index (χ4n) is 1.18. The molecule has 2 heterocycles. The normalized spacial score (nSPS) is 10.8. The van der Waals surface area contributed by atoms with Crippen LogP contribution in [0.15, 0.2) is 18.5 Å². The maximum atomic E-state index is 4.34. The Balaban J connectivity index is 2.67. The van der Waals surface area contributed by atoms with E-state index in [-0.39, 0.29) is 0 Å². The zero-order valence-electron chi connectivity index (χ0n) is 7.28. The lowest BCUT2D eigenvalue weighted by Gasteiger charge is -1.91. The molecular formula is C9H11N3. The number of nitrogens with zero attached hydrogens (tertiary/aromatic N) is 3. The van der Waals surface area contributed by atoms with Crippen molar-refractivity contribution < 1.29 is 0 Å². The molecule has 2 rings (SSSR count). The Bertz CT molecular complexity index is 403. The van der Waals surface area contributed by atoms with Crippen LogP contribution in [-0.4, -0.2) is 14.4 Å². The van der Waals surface area contributed by atoms with Gasteiger partial charge in [0.05, 0.1) is 5.69 Å². The van der Waals surface area contributed by atoms with E-state index in [2.05, 4.69) is 16.9 Å². The standard InChI is InChI=1S/C9H11N3/c1-3-8-6-12-5-4-7(2)10-9(12)11-8/h4-6H,3H2,1-2H3. The highest BCUT2D eigenvalue weighted by Gasteiger charge is 1.99. The molecule has 2 aromatic heterocycles. The summed E-state index contributed by atoms with van der Waals surface area (Å²) in [6.07, 6.45) is 4.97. The smallest absolute Gasteiger partial charge is 0.234 e. The van der Waals surface area contributed by atoms with Gasteiger partial charge in [0.2, 0.25) is 5.78 Å². The maximum Gasteiger partial charge on any atom is 0.234 e. The third kappa shape index (κ3) is 1.07. The topological polar surface area (TPSA) is 30.2 Å². The van der Waals surface area contributed by atoms with Crippen LogP contribution in [0.1, 0.15) is 18.3 Å². The second kappa shape index (κ2) is 2.59. The monoisotopic (exact) mass is 161 g/mol. The number of imidazole rings is 1. The lowest BCUT2D eigenvalue weighted by atomic mass is 10.4. The van der Waals surface area contributed by atoms with Gasteiger partial charge in [-0.3, -0.25) is 4.40 Å². The zero-order chi connectivity index (χ0) is 8.55. The van der Waals surface area contributed by atoms with Crippen molar-refractivity contribution in [1.29, 1.82) is 0 Å². The molecule has 0 unspecified atom stereocenters. The van der Waals surface area contributed by atoms with E-state index in [0.29, 0.717) is 0 Å². The summed E-state index contributed by atoms with van der Waals surface area (Å²) in [5.74, 6) is 0.798. The number of aromatic nitrogens is 3. The number of hydrogen-bond acceptors (Lipinski definition) is 2. The van der Waals surface area contributed by atoms with Crippen LogP contribution in [0.25, 0.3) is 5.78 Å². The highest BCUT2D eigenvalue weighted by atomic mass is 15.1. The summed E-state index contributed by atoms with van der Waals surface area (Å²) in [5, 5.41) is 0. The van der Waals surface area contributed by atoms with Crippen molar-refractivity contribution in [3.05, 3.63) is 29.8 Å². The van der Waals surface area contributed by atoms with Crippen molar-refractivity contribution in [2.24, 2.45) is 0 Å². The van der Waals surface area contributed by atoms with Gasteiger partial charge >= 0.3 is 0 Å². The molecule has 0 bridgehead atoms. The van der Waals surface area contributed by atoms with Crippen LogP contribution in [0, 0.1) is 6.92 Å². The third-order valence-corrected chi connectivity index (χ3v) is 1.88. The molecule has 0 aliphatic heterocycles. The zero-order valence-corrected chi connectivity index (χ0v) is 7.28. The van der Waals surface area contributed by atoms with Crippen molar-refractivity contribution in [1.82, 2.24) is 14.4 Å². The molecule has 0 aromatic carbocycles. The van der Waals surface area contributed by atoms with Gasteiger partial charge in [-0.2, -0.15) is 0 Å².